The van der Waals surface area contributed by atoms with Gasteiger partial charge >= 0.3 is 6.16 Å². The van der Waals surface area contributed by atoms with Crippen molar-refractivity contribution in [3.05, 3.63) is 0 Å². The Kier molecular flexibility index (Phi) is 1.53. The van der Waals surface area contributed by atoms with E-state index in [4.69, 9.17) is 5.11 Å². The zero-order valence-electron chi connectivity index (χ0n) is 4.53. The Hall–Kier alpha value is -1.26. The van der Waals surface area contributed by atoms with Crippen LogP contribution in [0.4, 0.5) is 4.79 Å². The molecule has 5 nitrogen and oxygen atoms in total. The van der Waals surface area contributed by atoms with Crippen molar-refractivity contribution < 1.29 is 19.5 Å². The van der Waals surface area contributed by atoms with E-state index >= 15 is 0 Å². The minimum Gasteiger partial charge on any atom is -0.449 e. The van der Waals surface area contributed by atoms with Gasteiger partial charge in [-0.05, 0) is 0 Å². The Morgan fingerprint density at radius 2 is 2.67 bits per heavy atom. The molecular formula is C4H5NO4. The Balaban J connectivity index is 2.35. The fourth-order valence-electron chi connectivity index (χ4n) is 0.467. The van der Waals surface area contributed by atoms with E-state index in [1.807, 2.05) is 0 Å². The van der Waals surface area contributed by atoms with Crippen molar-refractivity contribution in [3.63, 3.8) is 0 Å². The SMILES string of the molecule is O=C(O)OC1=NOCC1. The van der Waals surface area contributed by atoms with Gasteiger partial charge in [0.1, 0.15) is 6.61 Å². The molecule has 0 saturated heterocycles. The van der Waals surface area contributed by atoms with Crippen LogP contribution >= 0.6 is 0 Å². The summed E-state index contributed by atoms with van der Waals surface area (Å²) in [6.07, 6.45) is -0.911. The molecule has 0 radical (unpaired) electrons. The summed E-state index contributed by atoms with van der Waals surface area (Å²) in [5.74, 6) is 0.127. The number of oxime groups is 1. The summed E-state index contributed by atoms with van der Waals surface area (Å²) in [7, 11) is 0. The van der Waals surface area contributed by atoms with Crippen molar-refractivity contribution >= 4 is 12.1 Å². The Bertz CT molecular complexity index is 153. The molecule has 0 bridgehead atoms. The molecule has 0 fully saturated rings. The first-order valence-electron chi connectivity index (χ1n) is 2.38. The van der Waals surface area contributed by atoms with Crippen molar-refractivity contribution in [2.24, 2.45) is 5.16 Å². The predicted molar refractivity (Wildman–Crippen MR) is 27.1 cm³/mol. The molecule has 0 aromatic heterocycles. The Labute approximate surface area is 50.9 Å². The van der Waals surface area contributed by atoms with Gasteiger partial charge in [-0.15, -0.1) is 0 Å². The lowest BCUT2D eigenvalue weighted by atomic mass is 10.5. The summed E-state index contributed by atoms with van der Waals surface area (Å²) < 4.78 is 4.15. The number of rotatable bonds is 0. The average molecular weight is 131 g/mol. The third kappa shape index (κ3) is 1.60. The highest BCUT2D eigenvalue weighted by Gasteiger charge is 2.11. The van der Waals surface area contributed by atoms with Crippen LogP contribution in [0, 0.1) is 0 Å². The highest BCUT2D eigenvalue weighted by Crippen LogP contribution is 2.00. The van der Waals surface area contributed by atoms with E-state index < -0.39 is 6.16 Å². The first kappa shape index (κ1) is 5.87. The Morgan fingerprint density at radius 1 is 1.89 bits per heavy atom. The van der Waals surface area contributed by atoms with E-state index in [0.29, 0.717) is 13.0 Å². The first-order valence-corrected chi connectivity index (χ1v) is 2.38. The molecule has 0 unspecified atom stereocenters. The second-order valence-electron chi connectivity index (χ2n) is 1.44. The molecule has 5 heteroatoms. The summed E-state index contributed by atoms with van der Waals surface area (Å²) >= 11 is 0. The maximum atomic E-state index is 9.80. The van der Waals surface area contributed by atoms with Gasteiger partial charge in [0, 0.05) is 0 Å². The number of carboxylic acid groups (broad SMARTS) is 1. The molecule has 0 aromatic rings. The number of nitrogens with zero attached hydrogens (tertiary/aromatic N) is 1. The molecule has 50 valence electrons. The molecule has 1 heterocycles. The lowest BCUT2D eigenvalue weighted by Gasteiger charge is -1.91. The predicted octanol–water partition coefficient (Wildman–Crippen LogP) is 0.415. The highest BCUT2D eigenvalue weighted by atomic mass is 16.7. The monoisotopic (exact) mass is 131 g/mol. The van der Waals surface area contributed by atoms with Crippen LogP contribution in [0.3, 0.4) is 0 Å². The van der Waals surface area contributed by atoms with Crippen molar-refractivity contribution in [1.82, 2.24) is 0 Å². The summed E-state index contributed by atoms with van der Waals surface area (Å²) in [4.78, 5) is 14.3. The molecule has 0 aliphatic carbocycles. The first-order chi connectivity index (χ1) is 4.29. The average Bonchev–Trinajstić information content (AvgIpc) is 2.15. The number of hydrogen-bond donors (Lipinski definition) is 1. The molecular weight excluding hydrogens is 126 g/mol. The molecule has 1 aliphatic rings. The normalized spacial score (nSPS) is 16.2. The lowest BCUT2D eigenvalue weighted by Crippen LogP contribution is -2.07. The van der Waals surface area contributed by atoms with Gasteiger partial charge in [0.25, 0.3) is 0 Å². The van der Waals surface area contributed by atoms with Gasteiger partial charge in [-0.25, -0.2) is 4.79 Å². The van der Waals surface area contributed by atoms with Crippen molar-refractivity contribution in [3.8, 4) is 0 Å². The maximum absolute atomic E-state index is 9.80. The second-order valence-corrected chi connectivity index (χ2v) is 1.44. The molecule has 0 aromatic carbocycles. The maximum Gasteiger partial charge on any atom is 0.512 e. The molecule has 1 aliphatic heterocycles. The van der Waals surface area contributed by atoms with E-state index in [1.165, 1.54) is 0 Å². The van der Waals surface area contributed by atoms with E-state index in [9.17, 15) is 4.79 Å². The third-order valence-corrected chi connectivity index (χ3v) is 0.779. The number of ether oxygens (including phenoxy) is 1. The van der Waals surface area contributed by atoms with E-state index in [0.717, 1.165) is 0 Å². The molecule has 1 N–H and O–H groups in total. The topological polar surface area (TPSA) is 68.1 Å². The molecule has 1 rings (SSSR count). The zero-order chi connectivity index (χ0) is 6.69. The van der Waals surface area contributed by atoms with Crippen molar-refractivity contribution in [1.29, 1.82) is 0 Å². The van der Waals surface area contributed by atoms with Crippen molar-refractivity contribution in [2.75, 3.05) is 6.61 Å². The standard InChI is InChI=1S/C4H5NO4/c6-4(7)9-3-1-2-8-5-3/h1-2H2,(H,6,7). The van der Waals surface area contributed by atoms with Crippen LogP contribution in [0.15, 0.2) is 5.16 Å². The lowest BCUT2D eigenvalue weighted by molar-refractivity contribution is 0.137. The van der Waals surface area contributed by atoms with Crippen LogP contribution in [0.2, 0.25) is 0 Å². The molecule has 0 spiro atoms. The van der Waals surface area contributed by atoms with Gasteiger partial charge in [-0.1, -0.05) is 5.16 Å². The van der Waals surface area contributed by atoms with E-state index in [-0.39, 0.29) is 5.90 Å². The largest absolute Gasteiger partial charge is 0.512 e. The van der Waals surface area contributed by atoms with Gasteiger partial charge < -0.3 is 14.7 Å². The molecule has 0 atom stereocenters. The number of carbonyl (C=O) groups is 1. The molecule has 0 saturated carbocycles. The fraction of sp³-hybridized carbons (Fsp3) is 0.500. The zero-order valence-corrected chi connectivity index (χ0v) is 4.53. The van der Waals surface area contributed by atoms with Crippen LogP contribution in [-0.4, -0.2) is 23.8 Å². The van der Waals surface area contributed by atoms with Gasteiger partial charge in [0.15, 0.2) is 0 Å². The van der Waals surface area contributed by atoms with Crippen LogP contribution in [0.5, 0.6) is 0 Å². The van der Waals surface area contributed by atoms with Crippen LogP contribution in [0.25, 0.3) is 0 Å². The minimum atomic E-state index is -1.35. The molecule has 0 amide bonds. The van der Waals surface area contributed by atoms with E-state index in [2.05, 4.69) is 14.7 Å². The van der Waals surface area contributed by atoms with Gasteiger partial charge in [0.2, 0.25) is 5.90 Å². The summed E-state index contributed by atoms with van der Waals surface area (Å²) in [5, 5.41) is 11.3. The van der Waals surface area contributed by atoms with Crippen LogP contribution in [-0.2, 0) is 9.57 Å². The summed E-state index contributed by atoms with van der Waals surface area (Å²) in [6.45, 7) is 0.405. The smallest absolute Gasteiger partial charge is 0.449 e. The van der Waals surface area contributed by atoms with E-state index in [1.54, 1.807) is 0 Å². The van der Waals surface area contributed by atoms with Crippen molar-refractivity contribution in [2.45, 2.75) is 6.42 Å². The third-order valence-electron chi connectivity index (χ3n) is 0.779. The highest BCUT2D eigenvalue weighted by molar-refractivity contribution is 5.85. The second kappa shape index (κ2) is 2.34. The number of hydrogen-bond acceptors (Lipinski definition) is 4. The quantitative estimate of drug-likeness (QED) is 0.483. The van der Waals surface area contributed by atoms with Gasteiger partial charge in [-0.2, -0.15) is 0 Å². The van der Waals surface area contributed by atoms with Crippen LogP contribution < -0.4 is 0 Å². The fourth-order valence-corrected chi connectivity index (χ4v) is 0.467. The minimum absolute atomic E-state index is 0.127. The van der Waals surface area contributed by atoms with Gasteiger partial charge in [0.05, 0.1) is 6.42 Å². The summed E-state index contributed by atoms with van der Waals surface area (Å²) in [6, 6.07) is 0. The van der Waals surface area contributed by atoms with Gasteiger partial charge in [-0.3, -0.25) is 0 Å². The van der Waals surface area contributed by atoms with Crippen LogP contribution in [0.1, 0.15) is 6.42 Å². The summed E-state index contributed by atoms with van der Waals surface area (Å²) in [5.41, 5.74) is 0. The molecule has 9 heavy (non-hydrogen) atoms. The Morgan fingerprint density at radius 3 is 3.11 bits per heavy atom.